The highest BCUT2D eigenvalue weighted by Crippen LogP contribution is 2.36. The molecule has 0 unspecified atom stereocenters. The van der Waals surface area contributed by atoms with Gasteiger partial charge >= 0.3 is 5.97 Å². The molecule has 3 aromatic heterocycles. The van der Waals surface area contributed by atoms with E-state index in [0.717, 1.165) is 23.2 Å². The van der Waals surface area contributed by atoms with Crippen LogP contribution in [-0.2, 0) is 16.0 Å². The van der Waals surface area contributed by atoms with E-state index in [9.17, 15) is 9.59 Å². The predicted octanol–water partition coefficient (Wildman–Crippen LogP) is 4.38. The number of fused-ring (bicyclic) bond motifs is 1. The van der Waals surface area contributed by atoms with Crippen LogP contribution in [0.2, 0.25) is 5.02 Å². The molecule has 158 valence electrons. The van der Waals surface area contributed by atoms with Crippen molar-refractivity contribution in [2.75, 3.05) is 13.7 Å². The van der Waals surface area contributed by atoms with Gasteiger partial charge in [-0.15, -0.1) is 0 Å². The molecule has 0 aliphatic rings. The Kier molecular flexibility index (Phi) is 5.77. The van der Waals surface area contributed by atoms with Crippen LogP contribution in [0, 0.1) is 0 Å². The number of benzene rings is 1. The highest BCUT2D eigenvalue weighted by molar-refractivity contribution is 6.31. The number of carbonyl (C=O) groups excluding carboxylic acids is 2. The fraction of sp³-hybridized carbons (Fsp3) is 0.174. The maximum atomic E-state index is 13.3. The van der Waals surface area contributed by atoms with Crippen LogP contribution in [0.4, 0.5) is 0 Å². The van der Waals surface area contributed by atoms with Crippen molar-refractivity contribution in [3.05, 3.63) is 71.3 Å². The lowest BCUT2D eigenvalue weighted by Gasteiger charge is -2.16. The number of amides is 1. The van der Waals surface area contributed by atoms with Crippen LogP contribution in [0.3, 0.4) is 0 Å². The van der Waals surface area contributed by atoms with Crippen molar-refractivity contribution in [1.82, 2.24) is 14.9 Å². The van der Waals surface area contributed by atoms with Crippen LogP contribution in [0.15, 0.2) is 59.4 Å². The summed E-state index contributed by atoms with van der Waals surface area (Å²) in [5, 5.41) is 7.95. The average Bonchev–Trinajstić information content (AvgIpc) is 3.45. The summed E-state index contributed by atoms with van der Waals surface area (Å²) in [7, 11) is 1.27. The molecule has 31 heavy (non-hydrogen) atoms. The summed E-state index contributed by atoms with van der Waals surface area (Å²) < 4.78 is 11.7. The molecule has 0 fully saturated rings. The number of aryl methyl sites for hydroxylation is 1. The van der Waals surface area contributed by atoms with Gasteiger partial charge in [0.05, 0.1) is 30.7 Å². The van der Waals surface area contributed by atoms with Crippen LogP contribution in [0.1, 0.15) is 23.0 Å². The summed E-state index contributed by atoms with van der Waals surface area (Å²) in [5.74, 6) is -1.00. The van der Waals surface area contributed by atoms with Crippen molar-refractivity contribution in [3.63, 3.8) is 0 Å². The lowest BCUT2D eigenvalue weighted by atomic mass is 9.96. The molecule has 0 aliphatic heterocycles. The minimum absolute atomic E-state index is 0.262. The molecule has 8 heteroatoms. The zero-order chi connectivity index (χ0) is 22.0. The van der Waals surface area contributed by atoms with Crippen molar-refractivity contribution < 1.29 is 18.7 Å². The van der Waals surface area contributed by atoms with Crippen LogP contribution < -0.4 is 5.32 Å². The first kappa shape index (κ1) is 20.7. The Hall–Kier alpha value is -3.58. The topological polar surface area (TPSA) is 85.8 Å². The van der Waals surface area contributed by atoms with Gasteiger partial charge in [0.15, 0.2) is 0 Å². The molecule has 7 nitrogen and oxygen atoms in total. The lowest BCUT2D eigenvalue weighted by Crippen LogP contribution is -2.31. The molecule has 0 bridgehead atoms. The number of nitrogens with zero attached hydrogens (tertiary/aromatic N) is 2. The van der Waals surface area contributed by atoms with Gasteiger partial charge in [-0.2, -0.15) is 5.10 Å². The molecule has 3 heterocycles. The summed E-state index contributed by atoms with van der Waals surface area (Å²) in [4.78, 5) is 25.0. The quantitative estimate of drug-likeness (QED) is 0.452. The van der Waals surface area contributed by atoms with E-state index in [-0.39, 0.29) is 6.54 Å². The normalized spacial score (nSPS) is 10.9. The van der Waals surface area contributed by atoms with Crippen molar-refractivity contribution in [3.8, 4) is 22.4 Å². The molecule has 0 aliphatic carbocycles. The second-order valence-electron chi connectivity index (χ2n) is 6.86. The highest BCUT2D eigenvalue weighted by atomic mass is 35.5. The Bertz CT molecular complexity index is 1260. The second kappa shape index (κ2) is 8.65. The van der Waals surface area contributed by atoms with E-state index >= 15 is 0 Å². The molecular formula is C23H20ClN3O4. The summed E-state index contributed by atoms with van der Waals surface area (Å²) in [6, 6.07) is 12.9. The van der Waals surface area contributed by atoms with Crippen LogP contribution in [-0.4, -0.2) is 35.1 Å². The largest absolute Gasteiger partial charge is 0.472 e. The van der Waals surface area contributed by atoms with E-state index in [0.29, 0.717) is 27.4 Å². The van der Waals surface area contributed by atoms with E-state index in [1.54, 1.807) is 18.2 Å². The third kappa shape index (κ3) is 3.92. The van der Waals surface area contributed by atoms with E-state index in [4.69, 9.17) is 21.1 Å². The van der Waals surface area contributed by atoms with E-state index in [2.05, 4.69) is 10.1 Å². The fourth-order valence-electron chi connectivity index (χ4n) is 3.51. The molecule has 0 saturated heterocycles. The van der Waals surface area contributed by atoms with Crippen molar-refractivity contribution >= 4 is 29.0 Å². The molecule has 1 N–H and O–H groups in total. The van der Waals surface area contributed by atoms with Crippen LogP contribution in [0.5, 0.6) is 0 Å². The lowest BCUT2D eigenvalue weighted by molar-refractivity contribution is -0.139. The number of esters is 1. The first-order valence-electron chi connectivity index (χ1n) is 9.71. The maximum Gasteiger partial charge on any atom is 0.325 e. The first-order valence-corrected chi connectivity index (χ1v) is 10.1. The molecule has 4 aromatic rings. The van der Waals surface area contributed by atoms with E-state index < -0.39 is 11.9 Å². The molecule has 0 atom stereocenters. The number of hydrogen-bond acceptors (Lipinski definition) is 5. The average molecular weight is 438 g/mol. The minimum atomic E-state index is -0.549. The summed E-state index contributed by atoms with van der Waals surface area (Å²) in [5.41, 5.74) is 4.57. The SMILES string of the molecule is CCc1ccc2c(-c3cccc(Cl)c3)c(C(=O)NCC(=O)OC)c(-c3ccoc3)nn12. The fourth-order valence-corrected chi connectivity index (χ4v) is 3.70. The van der Waals surface area contributed by atoms with Gasteiger partial charge in [-0.05, 0) is 42.3 Å². The summed E-state index contributed by atoms with van der Waals surface area (Å²) in [6.45, 7) is 1.78. The highest BCUT2D eigenvalue weighted by Gasteiger charge is 2.25. The van der Waals surface area contributed by atoms with Gasteiger partial charge in [0.2, 0.25) is 0 Å². The zero-order valence-electron chi connectivity index (χ0n) is 17.0. The Labute approximate surface area is 183 Å². The van der Waals surface area contributed by atoms with Crippen LogP contribution >= 0.6 is 11.6 Å². The zero-order valence-corrected chi connectivity index (χ0v) is 17.8. The van der Waals surface area contributed by atoms with E-state index in [1.165, 1.54) is 19.6 Å². The van der Waals surface area contributed by atoms with Gasteiger partial charge in [0.1, 0.15) is 12.2 Å². The Morgan fingerprint density at radius 2 is 2.03 bits per heavy atom. The number of rotatable bonds is 6. The standard InChI is InChI=1S/C23H20ClN3O4/c1-3-17-7-8-18-20(14-5-4-6-16(24)11-14)21(23(29)25-12-19(28)30-2)22(26-27(17)18)15-9-10-31-13-15/h4-11,13H,3,12H2,1-2H3,(H,25,29). The molecule has 1 amide bonds. The predicted molar refractivity (Wildman–Crippen MR) is 117 cm³/mol. The molecule has 0 spiro atoms. The van der Waals surface area contributed by atoms with Crippen molar-refractivity contribution in [2.45, 2.75) is 13.3 Å². The number of aromatic nitrogens is 2. The first-order chi connectivity index (χ1) is 15.0. The molecule has 1 aromatic carbocycles. The third-order valence-electron chi connectivity index (χ3n) is 4.99. The minimum Gasteiger partial charge on any atom is -0.472 e. The summed E-state index contributed by atoms with van der Waals surface area (Å²) in [6.07, 6.45) is 3.81. The maximum absolute atomic E-state index is 13.3. The second-order valence-corrected chi connectivity index (χ2v) is 7.29. The van der Waals surface area contributed by atoms with Gasteiger partial charge < -0.3 is 14.5 Å². The van der Waals surface area contributed by atoms with Gasteiger partial charge in [-0.1, -0.05) is 30.7 Å². The van der Waals surface area contributed by atoms with Crippen LogP contribution in [0.25, 0.3) is 27.9 Å². The number of halogens is 1. The molecule has 4 rings (SSSR count). The Morgan fingerprint density at radius 1 is 1.19 bits per heavy atom. The van der Waals surface area contributed by atoms with Crippen molar-refractivity contribution in [2.24, 2.45) is 0 Å². The molecular weight excluding hydrogens is 418 g/mol. The van der Waals surface area contributed by atoms with Gasteiger partial charge in [0, 0.05) is 21.8 Å². The number of nitrogens with one attached hydrogen (secondary N) is 1. The third-order valence-corrected chi connectivity index (χ3v) is 5.23. The molecule has 0 saturated carbocycles. The number of ether oxygens (including phenoxy) is 1. The van der Waals surface area contributed by atoms with Crippen molar-refractivity contribution in [1.29, 1.82) is 0 Å². The molecule has 0 radical (unpaired) electrons. The smallest absolute Gasteiger partial charge is 0.325 e. The monoisotopic (exact) mass is 437 g/mol. The van der Waals surface area contributed by atoms with Gasteiger partial charge in [-0.25, -0.2) is 4.52 Å². The number of carbonyl (C=O) groups is 2. The Balaban J connectivity index is 2.04. The number of methoxy groups -OCH3 is 1. The van der Waals surface area contributed by atoms with Gasteiger partial charge in [0.25, 0.3) is 5.91 Å². The van der Waals surface area contributed by atoms with Gasteiger partial charge in [-0.3, -0.25) is 9.59 Å². The summed E-state index contributed by atoms with van der Waals surface area (Å²) >= 11 is 6.27. The van der Waals surface area contributed by atoms with E-state index in [1.807, 2.05) is 35.7 Å². The number of furan rings is 1. The Morgan fingerprint density at radius 3 is 2.71 bits per heavy atom. The number of hydrogen-bond donors (Lipinski definition) is 1.